The number of pyridine rings is 2. The van der Waals surface area contributed by atoms with Gasteiger partial charge in [-0.3, -0.25) is 18.0 Å². The Morgan fingerprint density at radius 2 is 1.08 bits per heavy atom. The van der Waals surface area contributed by atoms with E-state index < -0.39 is 19.9 Å². The molecule has 0 radical (unpaired) electrons. The standard InChI is InChI=1S/2C12H18NO2S.H2O4S/c2*1-5-15-11(14)12(2,3)16-10-8-6-7-9-13(10)4;1-5(2,3)4/h2*6-9H,5H2,1-4H3;(H2,1,2,3,4)/q2*+1;/p-2. The minimum absolute atomic E-state index is 0.177. The lowest BCUT2D eigenvalue weighted by molar-refractivity contribution is -0.709. The van der Waals surface area contributed by atoms with Gasteiger partial charge in [-0.2, -0.15) is 9.13 Å². The van der Waals surface area contributed by atoms with Gasteiger partial charge in [-0.25, -0.2) is 0 Å². The van der Waals surface area contributed by atoms with Crippen LogP contribution in [0.15, 0.2) is 58.8 Å². The molecule has 2 aromatic heterocycles. The largest absolute Gasteiger partial charge is 0.759 e. The fraction of sp³-hybridized carbons (Fsp3) is 0.500. The van der Waals surface area contributed by atoms with Crippen LogP contribution in [-0.4, -0.2) is 52.2 Å². The molecule has 2 rings (SSSR count). The zero-order valence-corrected chi connectivity index (χ0v) is 24.9. The van der Waals surface area contributed by atoms with Gasteiger partial charge < -0.3 is 18.6 Å². The Balaban J connectivity index is 0.000000594. The Kier molecular flexibility index (Phi) is 15.0. The van der Waals surface area contributed by atoms with E-state index in [0.29, 0.717) is 13.2 Å². The zero-order valence-electron chi connectivity index (χ0n) is 22.4. The Labute approximate surface area is 228 Å². The average Bonchev–Trinajstić information content (AvgIpc) is 2.76. The van der Waals surface area contributed by atoms with Crippen molar-refractivity contribution in [3.05, 3.63) is 48.8 Å². The molecule has 0 aliphatic heterocycles. The summed E-state index contributed by atoms with van der Waals surface area (Å²) < 4.78 is 47.0. The highest BCUT2D eigenvalue weighted by Crippen LogP contribution is 2.32. The maximum Gasteiger partial charge on any atom is 0.322 e. The van der Waals surface area contributed by atoms with E-state index >= 15 is 0 Å². The van der Waals surface area contributed by atoms with Gasteiger partial charge in [-0.15, -0.1) is 0 Å². The van der Waals surface area contributed by atoms with Gasteiger partial charge in [0.2, 0.25) is 10.1 Å². The number of thioether (sulfide) groups is 2. The molecule has 13 heteroatoms. The van der Waals surface area contributed by atoms with Gasteiger partial charge >= 0.3 is 11.9 Å². The molecular formula is C24H36N2O8S3. The van der Waals surface area contributed by atoms with Crippen LogP contribution in [0.1, 0.15) is 41.5 Å². The molecule has 0 amide bonds. The summed E-state index contributed by atoms with van der Waals surface area (Å²) in [6.07, 6.45) is 3.92. The second-order valence-electron chi connectivity index (χ2n) is 8.37. The molecule has 0 N–H and O–H groups in total. The number of nitrogens with zero attached hydrogens (tertiary/aromatic N) is 2. The maximum absolute atomic E-state index is 11.7. The molecule has 0 saturated carbocycles. The third kappa shape index (κ3) is 15.0. The number of ether oxygens (including phenoxy) is 2. The second-order valence-corrected chi connectivity index (χ2v) is 12.5. The molecule has 0 bridgehead atoms. The van der Waals surface area contributed by atoms with Crippen molar-refractivity contribution in [3.63, 3.8) is 0 Å². The number of carbonyl (C=O) groups excluding carboxylic acids is 2. The minimum Gasteiger partial charge on any atom is -0.759 e. The molecule has 0 aromatic carbocycles. The number of aryl methyl sites for hydroxylation is 2. The average molecular weight is 577 g/mol. The number of carbonyl (C=O) groups is 2. The van der Waals surface area contributed by atoms with Gasteiger partial charge in [0.1, 0.15) is 23.6 Å². The van der Waals surface area contributed by atoms with E-state index in [1.54, 1.807) is 0 Å². The fourth-order valence-corrected chi connectivity index (χ4v) is 4.48. The maximum atomic E-state index is 11.7. The lowest BCUT2D eigenvalue weighted by Gasteiger charge is -2.19. The van der Waals surface area contributed by atoms with Crippen molar-refractivity contribution < 1.29 is 45.7 Å². The van der Waals surface area contributed by atoms with Crippen molar-refractivity contribution >= 4 is 45.9 Å². The van der Waals surface area contributed by atoms with Gasteiger partial charge in [0.15, 0.2) is 12.4 Å². The summed E-state index contributed by atoms with van der Waals surface area (Å²) in [5, 5.41) is 2.08. The predicted octanol–water partition coefficient (Wildman–Crippen LogP) is 2.55. The highest BCUT2D eigenvalue weighted by atomic mass is 32.3. The van der Waals surface area contributed by atoms with Crippen molar-refractivity contribution in [2.75, 3.05) is 13.2 Å². The summed E-state index contributed by atoms with van der Waals surface area (Å²) in [6, 6.07) is 11.8. The molecule has 0 unspecified atom stereocenters. The molecule has 10 nitrogen and oxygen atoms in total. The first-order chi connectivity index (χ1) is 16.9. The highest BCUT2D eigenvalue weighted by molar-refractivity contribution is 8.01. The summed E-state index contributed by atoms with van der Waals surface area (Å²) >= 11 is 3.02. The molecule has 37 heavy (non-hydrogen) atoms. The van der Waals surface area contributed by atoms with Crippen molar-refractivity contribution in [3.8, 4) is 0 Å². The number of aromatic nitrogens is 2. The molecule has 0 saturated heterocycles. The number of rotatable bonds is 8. The number of hydrogen-bond acceptors (Lipinski definition) is 10. The lowest BCUT2D eigenvalue weighted by atomic mass is 10.2. The summed E-state index contributed by atoms with van der Waals surface area (Å²) in [5.41, 5.74) is 0. The van der Waals surface area contributed by atoms with E-state index in [1.165, 1.54) is 23.5 Å². The first-order valence-electron chi connectivity index (χ1n) is 11.2. The molecule has 208 valence electrons. The summed E-state index contributed by atoms with van der Waals surface area (Å²) in [5.74, 6) is -0.354. The molecule has 0 fully saturated rings. The van der Waals surface area contributed by atoms with Crippen LogP contribution in [0.3, 0.4) is 0 Å². The third-order valence-electron chi connectivity index (χ3n) is 4.27. The molecule has 0 atom stereocenters. The van der Waals surface area contributed by atoms with Crippen LogP contribution in [0, 0.1) is 0 Å². The molecule has 0 spiro atoms. The van der Waals surface area contributed by atoms with E-state index in [2.05, 4.69) is 0 Å². The van der Waals surface area contributed by atoms with E-state index in [9.17, 15) is 9.59 Å². The van der Waals surface area contributed by atoms with Crippen molar-refractivity contribution in [2.45, 2.75) is 61.1 Å². The van der Waals surface area contributed by atoms with E-state index in [1.807, 2.05) is 114 Å². The second kappa shape index (κ2) is 15.9. The van der Waals surface area contributed by atoms with Gasteiger partial charge in [0, 0.05) is 34.7 Å². The molecule has 2 aromatic rings. The first-order valence-corrected chi connectivity index (χ1v) is 14.2. The topological polar surface area (TPSA) is 141 Å². The molecule has 0 aliphatic carbocycles. The van der Waals surface area contributed by atoms with E-state index in [0.717, 1.165) is 10.1 Å². The number of hydrogen-bond donors (Lipinski definition) is 0. The molecular weight excluding hydrogens is 540 g/mol. The van der Waals surface area contributed by atoms with Crippen LogP contribution in [-0.2, 0) is 43.6 Å². The smallest absolute Gasteiger partial charge is 0.322 e. The van der Waals surface area contributed by atoms with Crippen LogP contribution >= 0.6 is 23.5 Å². The monoisotopic (exact) mass is 576 g/mol. The molecule has 2 heterocycles. The van der Waals surface area contributed by atoms with Gasteiger partial charge in [0.25, 0.3) is 0 Å². The van der Waals surface area contributed by atoms with Gasteiger partial charge in [0.05, 0.1) is 13.2 Å². The Hall–Kier alpha value is -2.19. The highest BCUT2D eigenvalue weighted by Gasteiger charge is 2.34. The SMILES string of the molecule is CCOC(=O)C(C)(C)Sc1cccc[n+]1C.CCOC(=O)C(C)(C)Sc1cccc[n+]1C.O=S(=O)([O-])[O-]. The quantitative estimate of drug-likeness (QED) is 0.151. The van der Waals surface area contributed by atoms with Crippen LogP contribution < -0.4 is 9.13 Å². The van der Waals surface area contributed by atoms with Crippen molar-refractivity contribution in [1.82, 2.24) is 0 Å². The van der Waals surface area contributed by atoms with Crippen LogP contribution in [0.5, 0.6) is 0 Å². The first kappa shape index (κ1) is 34.8. The van der Waals surface area contributed by atoms with Gasteiger partial charge in [-0.05, 0) is 77.2 Å². The van der Waals surface area contributed by atoms with Crippen LogP contribution in [0.2, 0.25) is 0 Å². The zero-order chi connectivity index (χ0) is 28.9. The fourth-order valence-electron chi connectivity index (χ4n) is 2.44. The van der Waals surface area contributed by atoms with Crippen molar-refractivity contribution in [1.29, 1.82) is 0 Å². The van der Waals surface area contributed by atoms with Crippen LogP contribution in [0.4, 0.5) is 0 Å². The predicted molar refractivity (Wildman–Crippen MR) is 139 cm³/mol. The van der Waals surface area contributed by atoms with Crippen LogP contribution in [0.25, 0.3) is 0 Å². The summed E-state index contributed by atoms with van der Waals surface area (Å²) in [7, 11) is -1.24. The Morgan fingerprint density at radius 1 is 0.784 bits per heavy atom. The summed E-state index contributed by atoms with van der Waals surface area (Å²) in [4.78, 5) is 23.5. The van der Waals surface area contributed by atoms with Crippen molar-refractivity contribution in [2.24, 2.45) is 14.1 Å². The third-order valence-corrected chi connectivity index (χ3v) is 6.89. The molecule has 0 aliphatic rings. The van der Waals surface area contributed by atoms with E-state index in [4.69, 9.17) is 27.0 Å². The Bertz CT molecular complexity index is 1040. The number of esters is 2. The Morgan fingerprint density at radius 3 is 1.32 bits per heavy atom. The summed E-state index contributed by atoms with van der Waals surface area (Å²) in [6.45, 7) is 12.0. The lowest BCUT2D eigenvalue weighted by Crippen LogP contribution is -2.35. The normalized spacial score (nSPS) is 11.3. The van der Waals surface area contributed by atoms with Gasteiger partial charge in [-0.1, -0.05) is 0 Å². The minimum atomic E-state index is -5.17. The van der Waals surface area contributed by atoms with E-state index in [-0.39, 0.29) is 11.9 Å².